The average molecular weight is 480 g/mol. The van der Waals surface area contributed by atoms with Gasteiger partial charge in [0.25, 0.3) is 0 Å². The van der Waals surface area contributed by atoms with E-state index in [-0.39, 0.29) is 12.4 Å². The highest BCUT2D eigenvalue weighted by Gasteiger charge is 2.40. The van der Waals surface area contributed by atoms with Crippen molar-refractivity contribution < 1.29 is 28.5 Å². The molecule has 0 fully saturated rings. The van der Waals surface area contributed by atoms with Crippen molar-refractivity contribution in [2.45, 2.75) is 32.1 Å². The van der Waals surface area contributed by atoms with Crippen molar-refractivity contribution in [2.75, 3.05) is 34.5 Å². The summed E-state index contributed by atoms with van der Waals surface area (Å²) >= 11 is 3.60. The summed E-state index contributed by atoms with van der Waals surface area (Å²) in [4.78, 5) is 26.0. The van der Waals surface area contributed by atoms with Crippen molar-refractivity contribution >= 4 is 27.7 Å². The van der Waals surface area contributed by atoms with E-state index in [9.17, 15) is 9.59 Å². The van der Waals surface area contributed by atoms with E-state index in [0.29, 0.717) is 45.8 Å². The van der Waals surface area contributed by atoms with Crippen LogP contribution in [0.15, 0.2) is 39.1 Å². The molecule has 1 aromatic carbocycles. The molecular weight excluding hydrogens is 454 g/mol. The summed E-state index contributed by atoms with van der Waals surface area (Å²) < 4.78 is 22.0. The highest BCUT2D eigenvalue weighted by molar-refractivity contribution is 9.10. The number of carbonyl (C=O) groups is 2. The standard InChI is InChI=1S/C22H26BrNO6/c1-12-19(22(26)30-9-8-27-2)20(21-15(24-12)6-5-7-16(21)25)13-10-17(28-3)18(29-4)11-14(13)23/h10-11,20,24H,5-9H2,1-4H3. The number of ketones is 1. The molecule has 8 heteroatoms. The Kier molecular flexibility index (Phi) is 7.20. The second-order valence-corrected chi connectivity index (χ2v) is 7.98. The fourth-order valence-electron chi connectivity index (χ4n) is 3.95. The van der Waals surface area contributed by atoms with E-state index in [4.69, 9.17) is 18.9 Å². The first-order valence-corrected chi connectivity index (χ1v) is 10.5. The van der Waals surface area contributed by atoms with E-state index in [2.05, 4.69) is 21.2 Å². The van der Waals surface area contributed by atoms with Crippen LogP contribution in [0.2, 0.25) is 0 Å². The maximum absolute atomic E-state index is 13.1. The molecule has 0 amide bonds. The number of Topliss-reactive ketones (excluding diaryl/α,β-unsaturated/α-hetero) is 1. The number of ether oxygens (including phenoxy) is 4. The van der Waals surface area contributed by atoms with Gasteiger partial charge >= 0.3 is 5.97 Å². The van der Waals surface area contributed by atoms with Crippen molar-refractivity contribution in [1.29, 1.82) is 0 Å². The smallest absolute Gasteiger partial charge is 0.336 e. The molecule has 3 rings (SSSR count). The largest absolute Gasteiger partial charge is 0.493 e. The summed E-state index contributed by atoms with van der Waals surface area (Å²) in [7, 11) is 4.65. The van der Waals surface area contributed by atoms with E-state index in [1.54, 1.807) is 33.5 Å². The molecule has 162 valence electrons. The van der Waals surface area contributed by atoms with E-state index < -0.39 is 11.9 Å². The molecular formula is C22H26BrNO6. The molecule has 1 atom stereocenters. The van der Waals surface area contributed by atoms with Crippen LogP contribution in [0.25, 0.3) is 0 Å². The number of hydrogen-bond acceptors (Lipinski definition) is 7. The Morgan fingerprint density at radius 3 is 2.50 bits per heavy atom. The number of nitrogens with one attached hydrogen (secondary N) is 1. The van der Waals surface area contributed by atoms with Crippen LogP contribution in [0.1, 0.15) is 37.7 Å². The summed E-state index contributed by atoms with van der Waals surface area (Å²) in [6.45, 7) is 2.26. The van der Waals surface area contributed by atoms with Gasteiger partial charge in [-0.3, -0.25) is 4.79 Å². The van der Waals surface area contributed by atoms with Gasteiger partial charge in [0.1, 0.15) is 6.61 Å². The molecule has 7 nitrogen and oxygen atoms in total. The first kappa shape index (κ1) is 22.4. The van der Waals surface area contributed by atoms with Crippen LogP contribution in [-0.2, 0) is 19.1 Å². The lowest BCUT2D eigenvalue weighted by Gasteiger charge is -2.34. The Balaban J connectivity index is 2.16. The van der Waals surface area contributed by atoms with Gasteiger partial charge in [0.2, 0.25) is 0 Å². The Bertz CT molecular complexity index is 920. The summed E-state index contributed by atoms with van der Waals surface area (Å²) in [5.41, 5.74) is 3.31. The minimum atomic E-state index is -0.571. The summed E-state index contributed by atoms with van der Waals surface area (Å²) in [6, 6.07) is 3.59. The number of benzene rings is 1. The maximum Gasteiger partial charge on any atom is 0.336 e. The monoisotopic (exact) mass is 479 g/mol. The van der Waals surface area contributed by atoms with Gasteiger partial charge in [0.05, 0.1) is 26.4 Å². The van der Waals surface area contributed by atoms with Gasteiger partial charge in [0, 0.05) is 40.9 Å². The zero-order valence-electron chi connectivity index (χ0n) is 17.6. The van der Waals surface area contributed by atoms with Gasteiger partial charge in [-0.2, -0.15) is 0 Å². The van der Waals surface area contributed by atoms with Crippen molar-refractivity contribution in [1.82, 2.24) is 5.32 Å². The van der Waals surface area contributed by atoms with Gasteiger partial charge < -0.3 is 24.3 Å². The summed E-state index contributed by atoms with van der Waals surface area (Å²) in [5.74, 6) is 0.0533. The van der Waals surface area contributed by atoms with Gasteiger partial charge in [-0.05, 0) is 37.5 Å². The third-order valence-electron chi connectivity index (χ3n) is 5.33. The SMILES string of the molecule is COCCOC(=O)C1=C(C)NC2=C(C(=O)CCC2)C1c1cc(OC)c(OC)cc1Br. The molecule has 1 unspecified atom stereocenters. The second-order valence-electron chi connectivity index (χ2n) is 7.12. The fraction of sp³-hybridized carbons (Fsp3) is 0.455. The molecule has 0 aromatic heterocycles. The van der Waals surface area contributed by atoms with Crippen LogP contribution in [-0.4, -0.2) is 46.3 Å². The predicted octanol–water partition coefficient (Wildman–Crippen LogP) is 3.62. The van der Waals surface area contributed by atoms with Crippen molar-refractivity contribution in [3.05, 3.63) is 44.7 Å². The first-order chi connectivity index (χ1) is 14.4. The van der Waals surface area contributed by atoms with Crippen LogP contribution in [0, 0.1) is 0 Å². The average Bonchev–Trinajstić information content (AvgIpc) is 2.72. The lowest BCUT2D eigenvalue weighted by atomic mass is 9.75. The number of allylic oxidation sites excluding steroid dienone is 3. The number of hydrogen-bond donors (Lipinski definition) is 1. The molecule has 0 saturated heterocycles. The highest BCUT2D eigenvalue weighted by atomic mass is 79.9. The molecule has 1 N–H and O–H groups in total. The van der Waals surface area contributed by atoms with E-state index >= 15 is 0 Å². The number of rotatable bonds is 7. The Labute approximate surface area is 184 Å². The molecule has 1 aliphatic heterocycles. The zero-order valence-corrected chi connectivity index (χ0v) is 19.2. The molecule has 30 heavy (non-hydrogen) atoms. The van der Waals surface area contributed by atoms with Crippen molar-refractivity contribution in [2.24, 2.45) is 0 Å². The van der Waals surface area contributed by atoms with Crippen LogP contribution >= 0.6 is 15.9 Å². The van der Waals surface area contributed by atoms with Crippen LogP contribution in [0.3, 0.4) is 0 Å². The Morgan fingerprint density at radius 1 is 1.13 bits per heavy atom. The Hall–Kier alpha value is -2.32. The lowest BCUT2D eigenvalue weighted by Crippen LogP contribution is -2.34. The maximum atomic E-state index is 13.1. The van der Waals surface area contributed by atoms with Gasteiger partial charge in [-0.15, -0.1) is 0 Å². The van der Waals surface area contributed by atoms with Crippen molar-refractivity contribution in [3.8, 4) is 11.5 Å². The van der Waals surface area contributed by atoms with E-state index in [0.717, 1.165) is 24.1 Å². The minimum Gasteiger partial charge on any atom is -0.493 e. The van der Waals surface area contributed by atoms with Gasteiger partial charge in [-0.25, -0.2) is 4.79 Å². The number of dihydropyridines is 1. The number of methoxy groups -OCH3 is 3. The normalized spacial score (nSPS) is 18.7. The number of halogens is 1. The van der Waals surface area contributed by atoms with Crippen LogP contribution < -0.4 is 14.8 Å². The molecule has 0 bridgehead atoms. The zero-order chi connectivity index (χ0) is 21.8. The highest BCUT2D eigenvalue weighted by Crippen LogP contribution is 2.47. The summed E-state index contributed by atoms with van der Waals surface area (Å²) in [5, 5.41) is 3.28. The lowest BCUT2D eigenvalue weighted by molar-refractivity contribution is -0.140. The molecule has 1 aromatic rings. The third kappa shape index (κ3) is 4.25. The minimum absolute atomic E-state index is 0.0325. The fourth-order valence-corrected chi connectivity index (χ4v) is 4.50. The van der Waals surface area contributed by atoms with E-state index in [1.807, 2.05) is 6.92 Å². The molecule has 0 spiro atoms. The predicted molar refractivity (Wildman–Crippen MR) is 115 cm³/mol. The molecule has 0 saturated carbocycles. The number of esters is 1. The second kappa shape index (κ2) is 9.66. The quantitative estimate of drug-likeness (QED) is 0.472. The van der Waals surface area contributed by atoms with Gasteiger partial charge in [0.15, 0.2) is 17.3 Å². The first-order valence-electron chi connectivity index (χ1n) is 9.74. The van der Waals surface area contributed by atoms with E-state index in [1.165, 1.54) is 0 Å². The van der Waals surface area contributed by atoms with Crippen LogP contribution in [0.4, 0.5) is 0 Å². The number of carbonyl (C=O) groups excluding carboxylic acids is 2. The Morgan fingerprint density at radius 2 is 1.83 bits per heavy atom. The topological polar surface area (TPSA) is 83.1 Å². The molecule has 1 heterocycles. The van der Waals surface area contributed by atoms with Crippen molar-refractivity contribution in [3.63, 3.8) is 0 Å². The molecule has 1 aliphatic carbocycles. The van der Waals surface area contributed by atoms with Crippen LogP contribution in [0.5, 0.6) is 11.5 Å². The summed E-state index contributed by atoms with van der Waals surface area (Å²) in [6.07, 6.45) is 1.99. The van der Waals surface area contributed by atoms with Gasteiger partial charge in [-0.1, -0.05) is 15.9 Å². The molecule has 2 aliphatic rings. The molecule has 0 radical (unpaired) electrons. The third-order valence-corrected chi connectivity index (χ3v) is 6.02.